The van der Waals surface area contributed by atoms with E-state index >= 15 is 0 Å². The summed E-state index contributed by atoms with van der Waals surface area (Å²) in [6.45, 7) is 2.89. The lowest BCUT2D eigenvalue weighted by Gasteiger charge is -2.14. The largest absolute Gasteiger partial charge is 0.332 e. The molecule has 0 aliphatic carbocycles. The fourth-order valence-corrected chi connectivity index (χ4v) is 3.21. The first-order chi connectivity index (χ1) is 12.3. The molecule has 0 radical (unpaired) electrons. The fourth-order valence-electron chi connectivity index (χ4n) is 2.54. The van der Waals surface area contributed by atoms with Crippen molar-refractivity contribution >= 4 is 34.2 Å². The number of hydrogen-bond donors (Lipinski definition) is 1. The molecule has 0 aliphatic heterocycles. The molecule has 0 fully saturated rings. The van der Waals surface area contributed by atoms with Crippen LogP contribution in [-0.4, -0.2) is 19.4 Å². The standard InChI is InChI=1S/C16H14F2N4O3S/c1-8(2)22-15(24)14-12(7-26-20-14)21(16(22)25)6-13(23)19-11-4-3-9(17)5-10(11)18/h3-5,7-8H,6H2,1-2H3,(H,19,23). The summed E-state index contributed by atoms with van der Waals surface area (Å²) in [4.78, 5) is 37.3. The Labute approximate surface area is 149 Å². The number of nitrogens with one attached hydrogen (secondary N) is 1. The first-order valence-electron chi connectivity index (χ1n) is 7.64. The molecule has 10 heteroatoms. The molecule has 3 rings (SSSR count). The molecule has 26 heavy (non-hydrogen) atoms. The second-order valence-electron chi connectivity index (χ2n) is 5.86. The van der Waals surface area contributed by atoms with E-state index in [9.17, 15) is 23.2 Å². The van der Waals surface area contributed by atoms with Crippen molar-refractivity contribution in [3.05, 3.63) is 56.1 Å². The zero-order valence-electron chi connectivity index (χ0n) is 13.8. The van der Waals surface area contributed by atoms with Crippen LogP contribution < -0.4 is 16.6 Å². The number of rotatable bonds is 4. The van der Waals surface area contributed by atoms with Crippen molar-refractivity contribution in [3.63, 3.8) is 0 Å². The van der Waals surface area contributed by atoms with Crippen LogP contribution in [0.4, 0.5) is 14.5 Å². The molecule has 3 aromatic rings. The lowest BCUT2D eigenvalue weighted by molar-refractivity contribution is -0.116. The maximum Gasteiger partial charge on any atom is 0.332 e. The maximum absolute atomic E-state index is 13.7. The van der Waals surface area contributed by atoms with E-state index in [1.165, 1.54) is 5.38 Å². The average Bonchev–Trinajstić information content (AvgIpc) is 3.04. The molecule has 2 aromatic heterocycles. The number of carbonyl (C=O) groups is 1. The van der Waals surface area contributed by atoms with Gasteiger partial charge in [0.2, 0.25) is 5.91 Å². The second-order valence-corrected chi connectivity index (χ2v) is 6.49. The van der Waals surface area contributed by atoms with Gasteiger partial charge in [-0.1, -0.05) is 0 Å². The number of anilines is 1. The highest BCUT2D eigenvalue weighted by atomic mass is 32.1. The zero-order valence-corrected chi connectivity index (χ0v) is 14.6. The molecule has 0 saturated carbocycles. The molecule has 136 valence electrons. The first kappa shape index (κ1) is 17.9. The summed E-state index contributed by atoms with van der Waals surface area (Å²) in [5.74, 6) is -2.40. The number of carbonyl (C=O) groups excluding carboxylic acids is 1. The molecule has 1 N–H and O–H groups in total. The lowest BCUT2D eigenvalue weighted by atomic mass is 10.3. The van der Waals surface area contributed by atoms with Crippen molar-refractivity contribution in [1.29, 1.82) is 0 Å². The zero-order chi connectivity index (χ0) is 19.0. The van der Waals surface area contributed by atoms with Crippen LogP contribution in [0, 0.1) is 11.6 Å². The van der Waals surface area contributed by atoms with Crippen molar-refractivity contribution in [3.8, 4) is 0 Å². The summed E-state index contributed by atoms with van der Waals surface area (Å²) in [5, 5.41) is 3.78. The van der Waals surface area contributed by atoms with Crippen LogP contribution in [-0.2, 0) is 11.3 Å². The summed E-state index contributed by atoms with van der Waals surface area (Å²) in [6.07, 6.45) is 0. The van der Waals surface area contributed by atoms with Gasteiger partial charge in [0.05, 0.1) is 11.2 Å². The van der Waals surface area contributed by atoms with Gasteiger partial charge in [-0.2, -0.15) is 4.37 Å². The summed E-state index contributed by atoms with van der Waals surface area (Å²) in [7, 11) is 0. The molecule has 0 unspecified atom stereocenters. The summed E-state index contributed by atoms with van der Waals surface area (Å²) < 4.78 is 32.7. The van der Waals surface area contributed by atoms with Crippen LogP contribution in [0.2, 0.25) is 0 Å². The Morgan fingerprint density at radius 3 is 2.69 bits per heavy atom. The van der Waals surface area contributed by atoms with Crippen molar-refractivity contribution in [2.75, 3.05) is 5.32 Å². The minimum Gasteiger partial charge on any atom is -0.322 e. The molecule has 1 amide bonds. The summed E-state index contributed by atoms with van der Waals surface area (Å²) in [6, 6.07) is 2.30. The number of aromatic nitrogens is 3. The summed E-state index contributed by atoms with van der Waals surface area (Å²) >= 11 is 0.989. The third-order valence-electron chi connectivity index (χ3n) is 3.72. The predicted octanol–water partition coefficient (Wildman–Crippen LogP) is 2.12. The van der Waals surface area contributed by atoms with Crippen LogP contribution in [0.3, 0.4) is 0 Å². The van der Waals surface area contributed by atoms with E-state index in [0.717, 1.165) is 32.8 Å². The van der Waals surface area contributed by atoms with Gasteiger partial charge in [0.25, 0.3) is 5.56 Å². The molecular weight excluding hydrogens is 366 g/mol. The van der Waals surface area contributed by atoms with E-state index in [1.807, 2.05) is 0 Å². The molecule has 0 aliphatic rings. The van der Waals surface area contributed by atoms with Gasteiger partial charge in [-0.25, -0.2) is 13.6 Å². The Morgan fingerprint density at radius 1 is 1.31 bits per heavy atom. The van der Waals surface area contributed by atoms with E-state index in [4.69, 9.17) is 0 Å². The van der Waals surface area contributed by atoms with Crippen molar-refractivity contribution in [2.45, 2.75) is 26.4 Å². The van der Waals surface area contributed by atoms with E-state index in [1.54, 1.807) is 13.8 Å². The monoisotopic (exact) mass is 380 g/mol. The maximum atomic E-state index is 13.7. The van der Waals surface area contributed by atoms with E-state index in [0.29, 0.717) is 6.07 Å². The van der Waals surface area contributed by atoms with Gasteiger partial charge in [0.15, 0.2) is 5.52 Å². The summed E-state index contributed by atoms with van der Waals surface area (Å²) in [5.41, 5.74) is -1.07. The van der Waals surface area contributed by atoms with Crippen LogP contribution in [0.5, 0.6) is 0 Å². The molecule has 0 bridgehead atoms. The predicted molar refractivity (Wildman–Crippen MR) is 93.5 cm³/mol. The Kier molecular flexibility index (Phi) is 4.68. The SMILES string of the molecule is CC(C)n1c(=O)c2nscc2n(CC(=O)Nc2ccc(F)cc2F)c1=O. The third-order valence-corrected chi connectivity index (χ3v) is 4.34. The normalized spacial score (nSPS) is 11.3. The van der Waals surface area contributed by atoms with Crippen LogP contribution >= 0.6 is 11.5 Å². The van der Waals surface area contributed by atoms with Crippen LogP contribution in [0.25, 0.3) is 11.0 Å². The fraction of sp³-hybridized carbons (Fsp3) is 0.250. The van der Waals surface area contributed by atoms with Crippen LogP contribution in [0.1, 0.15) is 19.9 Å². The number of hydrogen-bond acceptors (Lipinski definition) is 5. The highest BCUT2D eigenvalue weighted by Crippen LogP contribution is 2.15. The van der Waals surface area contributed by atoms with Crippen LogP contribution in [0.15, 0.2) is 33.2 Å². The Hall–Kier alpha value is -2.88. The molecule has 7 nitrogen and oxygen atoms in total. The van der Waals surface area contributed by atoms with Gasteiger partial charge in [-0.3, -0.25) is 18.7 Å². The minimum atomic E-state index is -0.930. The number of amides is 1. The first-order valence-corrected chi connectivity index (χ1v) is 8.47. The number of halogens is 2. The Morgan fingerprint density at radius 2 is 2.04 bits per heavy atom. The second kappa shape index (κ2) is 6.79. The molecular formula is C16H14F2N4O3S. The van der Waals surface area contributed by atoms with Crippen molar-refractivity contribution in [2.24, 2.45) is 0 Å². The highest BCUT2D eigenvalue weighted by Gasteiger charge is 2.19. The molecule has 2 heterocycles. The van der Waals surface area contributed by atoms with Gasteiger partial charge >= 0.3 is 5.69 Å². The molecule has 0 spiro atoms. The van der Waals surface area contributed by atoms with Gasteiger partial charge < -0.3 is 5.32 Å². The van der Waals surface area contributed by atoms with Crippen molar-refractivity contribution < 1.29 is 13.6 Å². The molecule has 0 atom stereocenters. The topological polar surface area (TPSA) is 86.0 Å². The van der Waals surface area contributed by atoms with Crippen molar-refractivity contribution in [1.82, 2.24) is 13.5 Å². The number of nitrogens with zero attached hydrogens (tertiary/aromatic N) is 3. The third kappa shape index (κ3) is 3.15. The Bertz CT molecular complexity index is 1120. The van der Waals surface area contributed by atoms with Gasteiger partial charge in [-0.05, 0) is 37.5 Å². The highest BCUT2D eigenvalue weighted by molar-refractivity contribution is 7.04. The van der Waals surface area contributed by atoms with E-state index < -0.39 is 41.4 Å². The lowest BCUT2D eigenvalue weighted by Crippen LogP contribution is -2.42. The Balaban J connectivity index is 2.00. The van der Waals surface area contributed by atoms with E-state index in [2.05, 4.69) is 9.69 Å². The minimum absolute atomic E-state index is 0.0871. The molecule has 1 aromatic carbocycles. The van der Waals surface area contributed by atoms with Gasteiger partial charge in [-0.15, -0.1) is 0 Å². The smallest absolute Gasteiger partial charge is 0.322 e. The van der Waals surface area contributed by atoms with Gasteiger partial charge in [0.1, 0.15) is 18.2 Å². The average molecular weight is 380 g/mol. The molecule has 0 saturated heterocycles. The van der Waals surface area contributed by atoms with Gasteiger partial charge in [0, 0.05) is 17.5 Å². The quantitative estimate of drug-likeness (QED) is 0.751. The van der Waals surface area contributed by atoms with E-state index in [-0.39, 0.29) is 16.7 Å². The number of fused-ring (bicyclic) bond motifs is 1. The number of benzene rings is 1.